The van der Waals surface area contributed by atoms with E-state index < -0.39 is 5.91 Å². The molecule has 19 heteroatoms. The predicted molar refractivity (Wildman–Crippen MR) is 233 cm³/mol. The number of carbonyl (C=O) groups excluding carboxylic acids is 4. The van der Waals surface area contributed by atoms with Gasteiger partial charge in [0, 0.05) is 37.8 Å². The first kappa shape index (κ1) is 48.2. The fraction of sp³-hybridized carbons (Fsp3) is 0.325. The lowest BCUT2D eigenvalue weighted by Crippen LogP contribution is -2.39. The van der Waals surface area contributed by atoms with Gasteiger partial charge < -0.3 is 57.8 Å². The fourth-order valence-corrected chi connectivity index (χ4v) is 5.61. The fourth-order valence-electron chi connectivity index (χ4n) is 5.61. The molecular weight excluding hydrogens is 759 g/mol. The van der Waals surface area contributed by atoms with Crippen molar-refractivity contribution in [3.63, 3.8) is 0 Å². The Kier molecular flexibility index (Phi) is 20.7. The van der Waals surface area contributed by atoms with Gasteiger partial charge in [-0.1, -0.05) is 12.2 Å². The van der Waals surface area contributed by atoms with Crippen molar-refractivity contribution >= 4 is 59.5 Å². The zero-order valence-electron chi connectivity index (χ0n) is 34.5. The van der Waals surface area contributed by atoms with E-state index in [0.29, 0.717) is 78.1 Å². The number of carbonyl (C=O) groups is 4. The highest BCUT2D eigenvalue weighted by Gasteiger charge is 2.21. The number of aromatic nitrogens is 4. The molecule has 0 bridgehead atoms. The number of hydrogen-bond donors (Lipinski definition) is 7. The van der Waals surface area contributed by atoms with Crippen LogP contribution in [0.2, 0.25) is 0 Å². The molecule has 0 spiro atoms. The van der Waals surface area contributed by atoms with Gasteiger partial charge in [-0.3, -0.25) is 28.9 Å². The molecule has 0 unspecified atom stereocenters. The van der Waals surface area contributed by atoms with Gasteiger partial charge in [-0.15, -0.1) is 0 Å². The molecule has 318 valence electrons. The molecule has 0 aliphatic heterocycles. The van der Waals surface area contributed by atoms with Crippen LogP contribution in [0.15, 0.2) is 71.5 Å². The summed E-state index contributed by atoms with van der Waals surface area (Å²) in [6, 6.07) is 8.24. The maximum absolute atomic E-state index is 13.3. The number of ether oxygens (including phenoxy) is 2. The van der Waals surface area contributed by atoms with Crippen molar-refractivity contribution in [3.05, 3.63) is 89.0 Å². The number of aldehydes is 2. The van der Waals surface area contributed by atoms with Gasteiger partial charge >= 0.3 is 0 Å². The molecule has 0 aliphatic carbocycles. The number of fused-ring (bicyclic) bond motifs is 1. The standard InChI is InChI=1S/C34H44N10O5.C5H8N2O.CH5N/c1-7-44-27(15-22(2)41-44)33(47)39-21-42(30-25(37-4)18-24(32(35)46)19-28(30)48-6)12-8-9-13-43-31-26(40-34(43)38-5)16-23(20-45)17-29(31)49-14-10-11-36-3;6-3-1-2-5(7)4-8;1-2/h8-9,15-20,36H,4,7,10-14,21H2,1-3,5-6H3,(H2,35,46)(H,38,40)(H,39,47);1-4H,6-7H2;2H2,1H3/b9-8+;3-1-,5-2-;. The van der Waals surface area contributed by atoms with Crippen LogP contribution in [0, 0.1) is 6.92 Å². The number of primary amides is 1. The van der Waals surface area contributed by atoms with E-state index in [1.165, 1.54) is 44.6 Å². The summed E-state index contributed by atoms with van der Waals surface area (Å²) in [4.78, 5) is 57.5. The summed E-state index contributed by atoms with van der Waals surface area (Å²) in [7, 11) is 6.63. The first-order valence-corrected chi connectivity index (χ1v) is 18.5. The number of nitrogens with one attached hydrogen (secondary N) is 3. The van der Waals surface area contributed by atoms with E-state index >= 15 is 0 Å². The topological polar surface area (TPSA) is 278 Å². The number of benzene rings is 2. The summed E-state index contributed by atoms with van der Waals surface area (Å²) in [5, 5.41) is 13.6. The van der Waals surface area contributed by atoms with E-state index in [1.54, 1.807) is 29.9 Å². The third-order valence-corrected chi connectivity index (χ3v) is 8.24. The van der Waals surface area contributed by atoms with Gasteiger partial charge in [0.05, 0.1) is 43.0 Å². The van der Waals surface area contributed by atoms with Crippen molar-refractivity contribution in [2.75, 3.05) is 64.8 Å². The highest BCUT2D eigenvalue weighted by molar-refractivity contribution is 5.97. The number of anilines is 2. The molecule has 0 aliphatic rings. The third kappa shape index (κ3) is 13.6. The number of methoxy groups -OCH3 is 1. The van der Waals surface area contributed by atoms with Crippen molar-refractivity contribution in [3.8, 4) is 11.5 Å². The van der Waals surface area contributed by atoms with Crippen LogP contribution in [0.4, 0.5) is 17.3 Å². The van der Waals surface area contributed by atoms with Crippen LogP contribution in [-0.2, 0) is 17.9 Å². The Hall–Kier alpha value is -6.99. The van der Waals surface area contributed by atoms with Crippen molar-refractivity contribution in [1.29, 1.82) is 0 Å². The number of nitrogens with two attached hydrogens (primary N) is 4. The molecule has 59 heavy (non-hydrogen) atoms. The Bertz CT molecular complexity index is 2120. The van der Waals surface area contributed by atoms with Crippen molar-refractivity contribution in [1.82, 2.24) is 30.0 Å². The highest BCUT2D eigenvalue weighted by atomic mass is 16.5. The quantitative estimate of drug-likeness (QED) is 0.0121. The summed E-state index contributed by atoms with van der Waals surface area (Å²) < 4.78 is 15.4. The Morgan fingerprint density at radius 3 is 2.41 bits per heavy atom. The average Bonchev–Trinajstić information content (AvgIpc) is 3.83. The summed E-state index contributed by atoms with van der Waals surface area (Å²) >= 11 is 0. The molecule has 19 nitrogen and oxygen atoms in total. The number of imidazole rings is 1. The van der Waals surface area contributed by atoms with Crippen molar-refractivity contribution < 1.29 is 28.7 Å². The molecule has 0 saturated carbocycles. The molecule has 4 rings (SSSR count). The van der Waals surface area contributed by atoms with Crippen LogP contribution < -0.4 is 53.3 Å². The molecule has 0 radical (unpaired) electrons. The first-order valence-electron chi connectivity index (χ1n) is 18.5. The Balaban J connectivity index is 0.00000107. The van der Waals surface area contributed by atoms with Crippen molar-refractivity contribution in [2.24, 2.45) is 27.9 Å². The van der Waals surface area contributed by atoms with Gasteiger partial charge in [-0.2, -0.15) is 5.10 Å². The number of hydrogen-bond acceptors (Lipinski definition) is 15. The molecule has 0 atom stereocenters. The zero-order valence-corrected chi connectivity index (χ0v) is 34.5. The minimum Gasteiger partial charge on any atom is -0.494 e. The smallest absolute Gasteiger partial charge is 0.270 e. The summed E-state index contributed by atoms with van der Waals surface area (Å²) in [5.74, 6) is 0.537. The van der Waals surface area contributed by atoms with Gasteiger partial charge in [-0.05, 0) is 96.3 Å². The normalized spacial score (nSPS) is 11.0. The van der Waals surface area contributed by atoms with Gasteiger partial charge in [0.15, 0.2) is 6.29 Å². The SMILES string of the molecule is C=Nc1cc(C(N)=O)cc(OC)c1N(C/C=C/Cn1c(NC)nc2cc(C=O)cc(OCCCNC)c21)CNC(=O)c1cc(C)nn1CC.CN.N/C=C\C=C(/N)C=O. The number of rotatable bonds is 21. The van der Waals surface area contributed by atoms with Crippen LogP contribution in [-0.4, -0.2) is 105 Å². The van der Waals surface area contributed by atoms with Gasteiger partial charge in [0.2, 0.25) is 11.9 Å². The molecule has 11 N–H and O–H groups in total. The largest absolute Gasteiger partial charge is 0.494 e. The summed E-state index contributed by atoms with van der Waals surface area (Å²) in [5.41, 5.74) is 24.3. The van der Waals surface area contributed by atoms with E-state index in [0.717, 1.165) is 30.5 Å². The van der Waals surface area contributed by atoms with E-state index in [-0.39, 0.29) is 23.8 Å². The van der Waals surface area contributed by atoms with E-state index in [9.17, 15) is 19.2 Å². The van der Waals surface area contributed by atoms with Gasteiger partial charge in [-0.25, -0.2) is 4.98 Å². The molecule has 2 amide bonds. The van der Waals surface area contributed by atoms with Crippen LogP contribution in [0.3, 0.4) is 0 Å². The number of amides is 2. The second kappa shape index (κ2) is 25.3. The summed E-state index contributed by atoms with van der Waals surface area (Å²) in [6.07, 6.45) is 10.2. The van der Waals surface area contributed by atoms with Gasteiger partial charge in [0.1, 0.15) is 34.7 Å². The zero-order chi connectivity index (χ0) is 43.9. The Morgan fingerprint density at radius 2 is 1.81 bits per heavy atom. The maximum atomic E-state index is 13.3. The second-order valence-electron chi connectivity index (χ2n) is 12.2. The van der Waals surface area contributed by atoms with Crippen LogP contribution in [0.1, 0.15) is 50.2 Å². The van der Waals surface area contributed by atoms with Crippen molar-refractivity contribution in [2.45, 2.75) is 33.4 Å². The molecule has 2 aromatic carbocycles. The minimum atomic E-state index is -0.642. The lowest BCUT2D eigenvalue weighted by Gasteiger charge is -2.27. The lowest BCUT2D eigenvalue weighted by atomic mass is 10.1. The van der Waals surface area contributed by atoms with Gasteiger partial charge in [0.25, 0.3) is 5.91 Å². The third-order valence-electron chi connectivity index (χ3n) is 8.24. The first-order chi connectivity index (χ1) is 28.5. The highest BCUT2D eigenvalue weighted by Crippen LogP contribution is 2.39. The summed E-state index contributed by atoms with van der Waals surface area (Å²) in [6.45, 7) is 9.98. The van der Waals surface area contributed by atoms with Crippen LogP contribution in [0.5, 0.6) is 11.5 Å². The molecule has 2 aromatic heterocycles. The maximum Gasteiger partial charge on any atom is 0.270 e. The monoisotopic (exact) mass is 815 g/mol. The number of aryl methyl sites for hydroxylation is 2. The molecular formula is C40H57N13O6. The van der Waals surface area contributed by atoms with Crippen LogP contribution >= 0.6 is 0 Å². The Morgan fingerprint density at radius 1 is 1.07 bits per heavy atom. The minimum absolute atomic E-state index is 0.0563. The molecule has 0 saturated heterocycles. The lowest BCUT2D eigenvalue weighted by molar-refractivity contribution is -0.105. The number of nitrogens with zero attached hydrogens (tertiary/aromatic N) is 6. The van der Waals surface area contributed by atoms with Crippen LogP contribution in [0.25, 0.3) is 11.0 Å². The second-order valence-corrected chi connectivity index (χ2v) is 12.2. The van der Waals surface area contributed by atoms with E-state index in [1.807, 2.05) is 42.5 Å². The average molecular weight is 816 g/mol. The van der Waals surface area contributed by atoms with E-state index in [4.69, 9.17) is 31.7 Å². The predicted octanol–water partition coefficient (Wildman–Crippen LogP) is 2.37. The Labute approximate surface area is 344 Å². The van der Waals surface area contributed by atoms with E-state index in [2.05, 4.69) is 38.5 Å². The number of aliphatic imine (C=N–C) groups is 1. The molecule has 2 heterocycles. The molecule has 4 aromatic rings. The number of allylic oxidation sites excluding steroid dienone is 4. The molecule has 0 fully saturated rings.